The van der Waals surface area contributed by atoms with Gasteiger partial charge in [0.25, 0.3) is 0 Å². The van der Waals surface area contributed by atoms with Crippen molar-refractivity contribution in [2.45, 2.75) is 32.5 Å². The Morgan fingerprint density at radius 3 is 2.75 bits per heavy atom. The normalized spacial score (nSPS) is 13.3. The third-order valence-corrected chi connectivity index (χ3v) is 2.85. The van der Waals surface area contributed by atoms with E-state index in [-0.39, 0.29) is 12.2 Å². The Hall–Kier alpha value is -2.00. The fraction of sp³-hybridized carbons (Fsp3) is 0.571. The van der Waals surface area contributed by atoms with E-state index in [2.05, 4.69) is 16.4 Å². The highest BCUT2D eigenvalue weighted by atomic mass is 16.5. The van der Waals surface area contributed by atoms with Crippen molar-refractivity contribution in [3.63, 3.8) is 0 Å². The molecule has 1 rings (SSSR count). The van der Waals surface area contributed by atoms with Crippen LogP contribution in [0.1, 0.15) is 20.3 Å². The van der Waals surface area contributed by atoms with Gasteiger partial charge in [-0.2, -0.15) is 5.26 Å². The van der Waals surface area contributed by atoms with Crippen molar-refractivity contribution in [3.05, 3.63) is 17.6 Å². The summed E-state index contributed by atoms with van der Waals surface area (Å²) in [7, 11) is 3.69. The van der Waals surface area contributed by atoms with Gasteiger partial charge in [-0.05, 0) is 13.8 Å². The maximum Gasteiger partial charge on any atom is 0.130 e. The van der Waals surface area contributed by atoms with Crippen LogP contribution in [-0.2, 0) is 11.8 Å². The zero-order valence-corrected chi connectivity index (χ0v) is 12.6. The van der Waals surface area contributed by atoms with Gasteiger partial charge in [0.15, 0.2) is 0 Å². The minimum Gasteiger partial charge on any atom is -0.388 e. The predicted octanol–water partition coefficient (Wildman–Crippen LogP) is 1.26. The molecule has 20 heavy (non-hydrogen) atoms. The molecule has 3 N–H and O–H groups in total. The molecule has 0 saturated carbocycles. The molecule has 0 saturated heterocycles. The van der Waals surface area contributed by atoms with E-state index < -0.39 is 0 Å². The van der Waals surface area contributed by atoms with E-state index in [1.54, 1.807) is 4.57 Å². The van der Waals surface area contributed by atoms with E-state index in [1.165, 1.54) is 0 Å². The van der Waals surface area contributed by atoms with Crippen LogP contribution in [-0.4, -0.2) is 30.4 Å². The lowest BCUT2D eigenvalue weighted by Gasteiger charge is -2.16. The molecule has 0 fully saturated rings. The third kappa shape index (κ3) is 4.59. The number of hydrogen-bond acceptors (Lipinski definition) is 5. The Balaban J connectivity index is 2.98. The van der Waals surface area contributed by atoms with Crippen LogP contribution in [0.15, 0.2) is 17.1 Å². The zero-order chi connectivity index (χ0) is 15.1. The van der Waals surface area contributed by atoms with Crippen LogP contribution in [0.4, 0.5) is 11.5 Å². The number of rotatable bonds is 6. The second-order valence-electron chi connectivity index (χ2n) is 4.85. The lowest BCUT2D eigenvalue weighted by atomic mass is 10.2. The fourth-order valence-corrected chi connectivity index (χ4v) is 1.80. The van der Waals surface area contributed by atoms with Crippen LogP contribution in [0, 0.1) is 11.3 Å². The topological polar surface area (TPSA) is 88.4 Å². The van der Waals surface area contributed by atoms with Gasteiger partial charge in [0.1, 0.15) is 11.3 Å². The molecule has 1 unspecified atom stereocenters. The lowest BCUT2D eigenvalue weighted by molar-refractivity contribution is 0.0159. The first-order valence-corrected chi connectivity index (χ1v) is 6.65. The van der Waals surface area contributed by atoms with Crippen molar-refractivity contribution in [2.75, 3.05) is 24.6 Å². The highest BCUT2D eigenvalue weighted by Gasteiger charge is 2.10. The van der Waals surface area contributed by atoms with Crippen molar-refractivity contribution in [1.82, 2.24) is 4.57 Å². The molecule has 6 nitrogen and oxygen atoms in total. The van der Waals surface area contributed by atoms with Gasteiger partial charge in [0, 0.05) is 31.9 Å². The molecule has 1 aromatic heterocycles. The number of nitrogens with zero attached hydrogens (tertiary/aromatic N) is 3. The second kappa shape index (κ2) is 7.56. The predicted molar refractivity (Wildman–Crippen MR) is 80.0 cm³/mol. The molecule has 1 heterocycles. The maximum atomic E-state index is 8.82. The molecule has 0 spiro atoms. The lowest BCUT2D eigenvalue weighted by Crippen LogP contribution is -2.26. The SMILES string of the molecule is CNc1cc(N)n(C)c(=NCC(CC#N)OC(C)C)c1. The van der Waals surface area contributed by atoms with E-state index in [4.69, 9.17) is 15.7 Å². The van der Waals surface area contributed by atoms with E-state index in [9.17, 15) is 0 Å². The summed E-state index contributed by atoms with van der Waals surface area (Å²) < 4.78 is 7.47. The number of hydrogen-bond donors (Lipinski definition) is 2. The van der Waals surface area contributed by atoms with Crippen LogP contribution in [0.25, 0.3) is 0 Å². The van der Waals surface area contributed by atoms with Gasteiger partial charge < -0.3 is 20.4 Å². The fourth-order valence-electron chi connectivity index (χ4n) is 1.80. The first-order valence-electron chi connectivity index (χ1n) is 6.65. The Morgan fingerprint density at radius 2 is 2.20 bits per heavy atom. The minimum atomic E-state index is -0.195. The Morgan fingerprint density at radius 1 is 1.50 bits per heavy atom. The molecule has 0 aliphatic carbocycles. The van der Waals surface area contributed by atoms with Crippen molar-refractivity contribution in [3.8, 4) is 6.07 Å². The van der Waals surface area contributed by atoms with Crippen LogP contribution in [0.5, 0.6) is 0 Å². The number of pyridine rings is 1. The highest BCUT2D eigenvalue weighted by molar-refractivity contribution is 5.49. The molecule has 0 amide bonds. The highest BCUT2D eigenvalue weighted by Crippen LogP contribution is 2.07. The number of nitriles is 1. The van der Waals surface area contributed by atoms with Gasteiger partial charge in [-0.3, -0.25) is 4.99 Å². The van der Waals surface area contributed by atoms with Gasteiger partial charge in [0.2, 0.25) is 0 Å². The smallest absolute Gasteiger partial charge is 0.130 e. The van der Waals surface area contributed by atoms with E-state index >= 15 is 0 Å². The first-order chi connectivity index (χ1) is 9.47. The average molecular weight is 277 g/mol. The van der Waals surface area contributed by atoms with Gasteiger partial charge in [-0.15, -0.1) is 0 Å². The van der Waals surface area contributed by atoms with Crippen molar-refractivity contribution < 1.29 is 4.74 Å². The largest absolute Gasteiger partial charge is 0.388 e. The Kier molecular flexibility index (Phi) is 6.07. The molecule has 0 bridgehead atoms. The molecule has 110 valence electrons. The van der Waals surface area contributed by atoms with Gasteiger partial charge in [-0.25, -0.2) is 0 Å². The number of nitrogens with one attached hydrogen (secondary N) is 1. The van der Waals surface area contributed by atoms with Crippen LogP contribution in [0.2, 0.25) is 0 Å². The van der Waals surface area contributed by atoms with E-state index in [0.29, 0.717) is 18.8 Å². The summed E-state index contributed by atoms with van der Waals surface area (Å²) in [6.07, 6.45) is 0.206. The van der Waals surface area contributed by atoms with Crippen LogP contribution < -0.4 is 16.5 Å². The number of aromatic nitrogens is 1. The minimum absolute atomic E-state index is 0.0750. The summed E-state index contributed by atoms with van der Waals surface area (Å²) in [5.74, 6) is 0.622. The number of anilines is 2. The number of nitrogen functional groups attached to an aromatic ring is 1. The quantitative estimate of drug-likeness (QED) is 0.819. The maximum absolute atomic E-state index is 8.82. The average Bonchev–Trinajstić information content (AvgIpc) is 2.39. The third-order valence-electron chi connectivity index (χ3n) is 2.85. The van der Waals surface area contributed by atoms with Gasteiger partial charge >= 0.3 is 0 Å². The second-order valence-corrected chi connectivity index (χ2v) is 4.85. The summed E-state index contributed by atoms with van der Waals surface area (Å²) in [4.78, 5) is 4.51. The molecule has 0 aliphatic heterocycles. The van der Waals surface area contributed by atoms with E-state index in [1.807, 2.05) is 40.1 Å². The first kappa shape index (κ1) is 16.1. The molecule has 0 aliphatic rings. The van der Waals surface area contributed by atoms with Crippen molar-refractivity contribution in [1.29, 1.82) is 5.26 Å². The molecule has 6 heteroatoms. The van der Waals surface area contributed by atoms with Crippen LogP contribution in [0.3, 0.4) is 0 Å². The van der Waals surface area contributed by atoms with Crippen molar-refractivity contribution >= 4 is 11.5 Å². The van der Waals surface area contributed by atoms with Gasteiger partial charge in [0.05, 0.1) is 31.2 Å². The van der Waals surface area contributed by atoms with Gasteiger partial charge in [-0.1, -0.05) is 0 Å². The Bertz CT molecular complexity index is 541. The monoisotopic (exact) mass is 277 g/mol. The molecule has 1 atom stereocenters. The molecular weight excluding hydrogens is 254 g/mol. The number of nitrogens with two attached hydrogens (primary N) is 1. The molecule has 1 aromatic rings. The summed E-state index contributed by atoms with van der Waals surface area (Å²) in [6, 6.07) is 5.88. The standard InChI is InChI=1S/C14H23N5O/c1-10(2)20-12(5-6-15)9-18-14-8-11(17-3)7-13(16)19(14)4/h7-8,10,12,17H,5,9,16H2,1-4H3. The van der Waals surface area contributed by atoms with Crippen LogP contribution >= 0.6 is 0 Å². The summed E-state index contributed by atoms with van der Waals surface area (Å²) >= 11 is 0. The molecular formula is C14H23N5O. The van der Waals surface area contributed by atoms with Crippen molar-refractivity contribution in [2.24, 2.45) is 12.0 Å². The zero-order valence-electron chi connectivity index (χ0n) is 12.6. The van der Waals surface area contributed by atoms with E-state index in [0.717, 1.165) is 11.2 Å². The summed E-state index contributed by atoms with van der Waals surface area (Å²) in [5.41, 5.74) is 7.58. The number of ether oxygens (including phenoxy) is 1. The summed E-state index contributed by atoms with van der Waals surface area (Å²) in [5, 5.41) is 11.9. The molecule has 0 aromatic carbocycles. The molecule has 0 radical (unpaired) electrons. The Labute approximate surface area is 119 Å². The summed E-state index contributed by atoms with van der Waals surface area (Å²) in [6.45, 7) is 4.33.